The summed E-state index contributed by atoms with van der Waals surface area (Å²) in [6.07, 6.45) is 0. The molecule has 0 atom stereocenters. The summed E-state index contributed by atoms with van der Waals surface area (Å²) in [6.45, 7) is 1.56. The minimum atomic E-state index is -0.600. The SMILES string of the molecule is Cc1onc(-c2c(F)cccc2Cl)c1C(=O)Nc1ccc(Br)cc1Cl. The Kier molecular flexibility index (Phi) is 5.13. The second kappa shape index (κ2) is 7.15. The van der Waals surface area contributed by atoms with E-state index in [1.807, 2.05) is 0 Å². The summed E-state index contributed by atoms with van der Waals surface area (Å²) in [5.74, 6) is -0.895. The maximum atomic E-state index is 14.2. The average Bonchev–Trinajstić information content (AvgIpc) is 2.91. The predicted molar refractivity (Wildman–Crippen MR) is 98.7 cm³/mol. The van der Waals surface area contributed by atoms with E-state index in [1.54, 1.807) is 25.1 Å². The molecule has 0 unspecified atom stereocenters. The topological polar surface area (TPSA) is 55.1 Å². The first-order chi connectivity index (χ1) is 11.9. The van der Waals surface area contributed by atoms with Crippen molar-refractivity contribution in [2.45, 2.75) is 6.92 Å². The summed E-state index contributed by atoms with van der Waals surface area (Å²) < 4.78 is 20.1. The van der Waals surface area contributed by atoms with Crippen molar-refractivity contribution >= 4 is 50.7 Å². The van der Waals surface area contributed by atoms with Crippen molar-refractivity contribution < 1.29 is 13.7 Å². The molecule has 0 saturated carbocycles. The minimum absolute atomic E-state index is 0.00747. The first-order valence-electron chi connectivity index (χ1n) is 7.05. The van der Waals surface area contributed by atoms with Gasteiger partial charge in [-0.15, -0.1) is 0 Å². The van der Waals surface area contributed by atoms with Gasteiger partial charge in [-0.25, -0.2) is 4.39 Å². The molecule has 3 aromatic rings. The molecule has 0 aliphatic rings. The molecule has 3 rings (SSSR count). The van der Waals surface area contributed by atoms with Crippen LogP contribution in [0.3, 0.4) is 0 Å². The standard InChI is InChI=1S/C17H10BrCl2FN2O2/c1-8-14(17(24)22-13-6-5-9(18)7-11(13)20)16(23-25-8)15-10(19)3-2-4-12(15)21/h2-7H,1H3,(H,22,24). The van der Waals surface area contributed by atoms with Crippen LogP contribution in [0, 0.1) is 12.7 Å². The summed E-state index contributed by atoms with van der Waals surface area (Å²) in [4.78, 5) is 12.7. The highest BCUT2D eigenvalue weighted by Gasteiger charge is 2.25. The van der Waals surface area contributed by atoms with Gasteiger partial charge in [-0.2, -0.15) is 0 Å². The van der Waals surface area contributed by atoms with E-state index >= 15 is 0 Å². The number of aromatic nitrogens is 1. The molecule has 0 bridgehead atoms. The van der Waals surface area contributed by atoms with E-state index in [0.717, 1.165) is 4.47 Å². The zero-order chi connectivity index (χ0) is 18.1. The molecule has 0 spiro atoms. The first-order valence-corrected chi connectivity index (χ1v) is 8.60. The number of hydrogen-bond donors (Lipinski definition) is 1. The Hall–Kier alpha value is -1.89. The van der Waals surface area contributed by atoms with Crippen molar-refractivity contribution in [2.24, 2.45) is 0 Å². The number of nitrogens with zero attached hydrogens (tertiary/aromatic N) is 1. The van der Waals surface area contributed by atoms with E-state index in [0.29, 0.717) is 10.7 Å². The lowest BCUT2D eigenvalue weighted by Gasteiger charge is -2.09. The Morgan fingerprint density at radius 1 is 1.24 bits per heavy atom. The maximum Gasteiger partial charge on any atom is 0.261 e. The van der Waals surface area contributed by atoms with Gasteiger partial charge in [0.15, 0.2) is 0 Å². The van der Waals surface area contributed by atoms with Gasteiger partial charge in [0.1, 0.15) is 22.8 Å². The Balaban J connectivity index is 2.03. The van der Waals surface area contributed by atoms with Gasteiger partial charge in [-0.3, -0.25) is 4.79 Å². The molecule has 0 aliphatic heterocycles. The van der Waals surface area contributed by atoms with Crippen LogP contribution in [0.2, 0.25) is 10.0 Å². The third-order valence-electron chi connectivity index (χ3n) is 3.47. The van der Waals surface area contributed by atoms with Gasteiger partial charge in [0, 0.05) is 4.47 Å². The van der Waals surface area contributed by atoms with E-state index < -0.39 is 11.7 Å². The molecule has 25 heavy (non-hydrogen) atoms. The fraction of sp³-hybridized carbons (Fsp3) is 0.0588. The van der Waals surface area contributed by atoms with Crippen LogP contribution in [-0.4, -0.2) is 11.1 Å². The number of aryl methyl sites for hydroxylation is 1. The first kappa shape index (κ1) is 17.9. The van der Waals surface area contributed by atoms with Gasteiger partial charge < -0.3 is 9.84 Å². The van der Waals surface area contributed by atoms with Crippen molar-refractivity contribution in [3.63, 3.8) is 0 Å². The Labute approximate surface area is 161 Å². The molecule has 1 N–H and O–H groups in total. The third-order valence-corrected chi connectivity index (χ3v) is 4.59. The lowest BCUT2D eigenvalue weighted by Crippen LogP contribution is -2.14. The number of carbonyl (C=O) groups is 1. The van der Waals surface area contributed by atoms with Crippen LogP contribution in [0.5, 0.6) is 0 Å². The Bertz CT molecular complexity index is 955. The summed E-state index contributed by atoms with van der Waals surface area (Å²) in [5, 5.41) is 6.96. The number of carbonyl (C=O) groups excluding carboxylic acids is 1. The van der Waals surface area contributed by atoms with Gasteiger partial charge in [-0.1, -0.05) is 50.4 Å². The summed E-state index contributed by atoms with van der Waals surface area (Å²) >= 11 is 15.5. The largest absolute Gasteiger partial charge is 0.360 e. The van der Waals surface area contributed by atoms with Gasteiger partial charge in [-0.05, 0) is 37.3 Å². The van der Waals surface area contributed by atoms with E-state index in [9.17, 15) is 9.18 Å². The highest BCUT2D eigenvalue weighted by molar-refractivity contribution is 9.10. The third kappa shape index (κ3) is 3.56. The summed E-state index contributed by atoms with van der Waals surface area (Å²) in [6, 6.07) is 9.23. The highest BCUT2D eigenvalue weighted by atomic mass is 79.9. The molecule has 0 radical (unpaired) electrons. The molecule has 1 heterocycles. The fourth-order valence-corrected chi connectivity index (χ4v) is 3.28. The van der Waals surface area contributed by atoms with E-state index in [1.165, 1.54) is 18.2 Å². The van der Waals surface area contributed by atoms with Gasteiger partial charge in [0.2, 0.25) is 0 Å². The molecule has 1 aromatic heterocycles. The van der Waals surface area contributed by atoms with E-state index in [2.05, 4.69) is 26.4 Å². The van der Waals surface area contributed by atoms with Crippen LogP contribution in [0.1, 0.15) is 16.1 Å². The highest BCUT2D eigenvalue weighted by Crippen LogP contribution is 2.34. The monoisotopic (exact) mass is 442 g/mol. The molecule has 128 valence electrons. The van der Waals surface area contributed by atoms with Crippen LogP contribution in [-0.2, 0) is 0 Å². The number of benzene rings is 2. The number of amides is 1. The van der Waals surface area contributed by atoms with Crippen LogP contribution >= 0.6 is 39.1 Å². The molecule has 8 heteroatoms. The Morgan fingerprint density at radius 3 is 2.68 bits per heavy atom. The second-order valence-corrected chi connectivity index (χ2v) is 6.87. The van der Waals surface area contributed by atoms with Crippen LogP contribution in [0.25, 0.3) is 11.3 Å². The maximum absolute atomic E-state index is 14.2. The molecule has 0 aliphatic carbocycles. The molecular formula is C17H10BrCl2FN2O2. The van der Waals surface area contributed by atoms with Crippen molar-refractivity contribution in [1.82, 2.24) is 5.16 Å². The lowest BCUT2D eigenvalue weighted by atomic mass is 10.0. The fourth-order valence-electron chi connectivity index (χ4n) is 2.31. The number of halogens is 4. The Morgan fingerprint density at radius 2 is 2.00 bits per heavy atom. The molecule has 2 aromatic carbocycles. The van der Waals surface area contributed by atoms with Crippen molar-refractivity contribution in [3.8, 4) is 11.3 Å². The minimum Gasteiger partial charge on any atom is -0.360 e. The van der Waals surface area contributed by atoms with Crippen molar-refractivity contribution in [1.29, 1.82) is 0 Å². The normalized spacial score (nSPS) is 10.8. The smallest absolute Gasteiger partial charge is 0.261 e. The quantitative estimate of drug-likeness (QED) is 0.531. The number of hydrogen-bond acceptors (Lipinski definition) is 3. The van der Waals surface area contributed by atoms with E-state index in [-0.39, 0.29) is 27.6 Å². The summed E-state index contributed by atoms with van der Waals surface area (Å²) in [7, 11) is 0. The number of rotatable bonds is 3. The molecule has 4 nitrogen and oxygen atoms in total. The van der Waals surface area contributed by atoms with Crippen LogP contribution < -0.4 is 5.32 Å². The molecule has 1 amide bonds. The average molecular weight is 444 g/mol. The zero-order valence-electron chi connectivity index (χ0n) is 12.7. The van der Waals surface area contributed by atoms with Gasteiger partial charge >= 0.3 is 0 Å². The summed E-state index contributed by atoms with van der Waals surface area (Å²) in [5.41, 5.74) is 0.534. The predicted octanol–water partition coefficient (Wildman–Crippen LogP) is 6.11. The van der Waals surface area contributed by atoms with E-state index in [4.69, 9.17) is 27.7 Å². The molecule has 0 saturated heterocycles. The van der Waals surface area contributed by atoms with Gasteiger partial charge in [0.05, 0.1) is 21.3 Å². The van der Waals surface area contributed by atoms with Gasteiger partial charge in [0.25, 0.3) is 5.91 Å². The van der Waals surface area contributed by atoms with Crippen molar-refractivity contribution in [2.75, 3.05) is 5.32 Å². The molecular weight excluding hydrogens is 434 g/mol. The van der Waals surface area contributed by atoms with Crippen LogP contribution in [0.4, 0.5) is 10.1 Å². The van der Waals surface area contributed by atoms with Crippen LogP contribution in [0.15, 0.2) is 45.4 Å². The lowest BCUT2D eigenvalue weighted by molar-refractivity contribution is 0.102. The second-order valence-electron chi connectivity index (χ2n) is 5.14. The number of anilines is 1. The van der Waals surface area contributed by atoms with Crippen molar-refractivity contribution in [3.05, 3.63) is 68.1 Å². The zero-order valence-corrected chi connectivity index (χ0v) is 15.8. The number of nitrogens with one attached hydrogen (secondary N) is 1. The molecule has 0 fully saturated rings.